The van der Waals surface area contributed by atoms with Crippen LogP contribution < -0.4 is 5.32 Å². The Kier molecular flexibility index (Phi) is 3.70. The van der Waals surface area contributed by atoms with Crippen LogP contribution in [-0.2, 0) is 0 Å². The van der Waals surface area contributed by atoms with Crippen molar-refractivity contribution in [2.45, 2.75) is 13.8 Å². The molecule has 2 heterocycles. The molecule has 0 aliphatic heterocycles. The van der Waals surface area contributed by atoms with Crippen LogP contribution in [0.5, 0.6) is 0 Å². The van der Waals surface area contributed by atoms with Crippen molar-refractivity contribution < 1.29 is 9.21 Å². The summed E-state index contributed by atoms with van der Waals surface area (Å²) in [4.78, 5) is 20.3. The number of carbonyl (C=O) groups is 1. The Labute approximate surface area is 128 Å². The molecule has 0 fully saturated rings. The van der Waals surface area contributed by atoms with Gasteiger partial charge in [-0.25, -0.2) is 4.98 Å². The van der Waals surface area contributed by atoms with Crippen molar-refractivity contribution in [2.75, 3.05) is 5.32 Å². The molecule has 0 aliphatic rings. The minimum atomic E-state index is -0.186. The average Bonchev–Trinajstić information content (AvgIpc) is 2.87. The van der Waals surface area contributed by atoms with E-state index < -0.39 is 0 Å². The van der Waals surface area contributed by atoms with Gasteiger partial charge in [-0.15, -0.1) is 0 Å². The summed E-state index contributed by atoms with van der Waals surface area (Å²) >= 11 is 0. The highest BCUT2D eigenvalue weighted by Crippen LogP contribution is 2.24. The van der Waals surface area contributed by atoms with Gasteiger partial charge in [-0.05, 0) is 31.2 Å². The molecule has 2 aromatic heterocycles. The number of nitrogens with zero attached hydrogens (tertiary/aromatic N) is 2. The van der Waals surface area contributed by atoms with Gasteiger partial charge >= 0.3 is 0 Å². The van der Waals surface area contributed by atoms with E-state index in [-0.39, 0.29) is 5.91 Å². The van der Waals surface area contributed by atoms with Crippen LogP contribution in [-0.4, -0.2) is 15.9 Å². The number of anilines is 1. The number of hydrogen-bond donors (Lipinski definition) is 1. The Morgan fingerprint density at radius 1 is 1.14 bits per heavy atom. The molecule has 0 aliphatic carbocycles. The number of rotatable bonds is 3. The van der Waals surface area contributed by atoms with E-state index in [1.807, 2.05) is 38.1 Å². The summed E-state index contributed by atoms with van der Waals surface area (Å²) in [6.07, 6.45) is 3.17. The number of carbonyl (C=O) groups excluding carboxylic acids is 1. The lowest BCUT2D eigenvalue weighted by atomic mass is 10.1. The quantitative estimate of drug-likeness (QED) is 0.801. The van der Waals surface area contributed by atoms with Crippen LogP contribution in [0.2, 0.25) is 0 Å². The van der Waals surface area contributed by atoms with Crippen molar-refractivity contribution in [2.24, 2.45) is 0 Å². The number of benzene rings is 1. The van der Waals surface area contributed by atoms with E-state index in [0.29, 0.717) is 11.5 Å². The number of aromatic nitrogens is 2. The molecule has 3 rings (SSSR count). The van der Waals surface area contributed by atoms with Crippen molar-refractivity contribution >= 4 is 11.6 Å². The summed E-state index contributed by atoms with van der Waals surface area (Å²) < 4.78 is 5.43. The lowest BCUT2D eigenvalue weighted by Gasteiger charge is -2.05. The zero-order valence-electron chi connectivity index (χ0n) is 12.3. The van der Waals surface area contributed by atoms with E-state index in [0.717, 1.165) is 22.7 Å². The van der Waals surface area contributed by atoms with Crippen LogP contribution in [0.3, 0.4) is 0 Å². The average molecular weight is 293 g/mol. The highest BCUT2D eigenvalue weighted by molar-refractivity contribution is 6.04. The zero-order valence-corrected chi connectivity index (χ0v) is 12.3. The normalized spacial score (nSPS) is 10.5. The molecule has 5 heteroatoms. The Morgan fingerprint density at radius 3 is 2.50 bits per heavy atom. The number of pyridine rings is 1. The molecule has 0 saturated heterocycles. The Bertz CT molecular complexity index is 793. The molecule has 0 radical (unpaired) electrons. The van der Waals surface area contributed by atoms with Gasteiger partial charge < -0.3 is 9.73 Å². The summed E-state index contributed by atoms with van der Waals surface area (Å²) in [5, 5.41) is 2.83. The molecule has 5 nitrogen and oxygen atoms in total. The third-order valence-corrected chi connectivity index (χ3v) is 3.24. The fourth-order valence-corrected chi connectivity index (χ4v) is 2.21. The van der Waals surface area contributed by atoms with Crippen LogP contribution >= 0.6 is 0 Å². The monoisotopic (exact) mass is 293 g/mol. The fraction of sp³-hybridized carbons (Fsp3) is 0.118. The van der Waals surface area contributed by atoms with Crippen LogP contribution in [0.25, 0.3) is 11.3 Å². The molecule has 1 aromatic carbocycles. The largest absolute Gasteiger partial charge is 0.446 e. The van der Waals surface area contributed by atoms with E-state index >= 15 is 0 Å². The SMILES string of the molecule is Cc1nc(-c2ccc(NC(=O)c3cccnc3)cc2)c(C)o1. The highest BCUT2D eigenvalue weighted by Gasteiger charge is 2.10. The van der Waals surface area contributed by atoms with Crippen LogP contribution in [0.4, 0.5) is 5.69 Å². The topological polar surface area (TPSA) is 68.0 Å². The molecule has 1 amide bonds. The second-order valence-electron chi connectivity index (χ2n) is 4.91. The summed E-state index contributed by atoms with van der Waals surface area (Å²) in [5.41, 5.74) is 3.02. The van der Waals surface area contributed by atoms with E-state index in [2.05, 4.69) is 15.3 Å². The minimum absolute atomic E-state index is 0.186. The molecule has 0 saturated carbocycles. The maximum Gasteiger partial charge on any atom is 0.257 e. The fourth-order valence-electron chi connectivity index (χ4n) is 2.21. The standard InChI is InChI=1S/C17H15N3O2/c1-11-16(19-12(2)22-11)13-5-7-15(8-6-13)20-17(21)14-4-3-9-18-10-14/h3-10H,1-2H3,(H,20,21). The lowest BCUT2D eigenvalue weighted by molar-refractivity contribution is 0.102. The molecule has 110 valence electrons. The van der Waals surface area contributed by atoms with E-state index in [9.17, 15) is 4.79 Å². The Morgan fingerprint density at radius 2 is 1.91 bits per heavy atom. The minimum Gasteiger partial charge on any atom is -0.446 e. The third kappa shape index (κ3) is 2.88. The van der Waals surface area contributed by atoms with Gasteiger partial charge in [0.15, 0.2) is 5.89 Å². The predicted molar refractivity (Wildman–Crippen MR) is 83.6 cm³/mol. The van der Waals surface area contributed by atoms with E-state index in [1.54, 1.807) is 18.3 Å². The molecule has 22 heavy (non-hydrogen) atoms. The van der Waals surface area contributed by atoms with Gasteiger partial charge in [-0.3, -0.25) is 9.78 Å². The van der Waals surface area contributed by atoms with Gasteiger partial charge in [-0.1, -0.05) is 12.1 Å². The number of hydrogen-bond acceptors (Lipinski definition) is 4. The van der Waals surface area contributed by atoms with Crippen molar-refractivity contribution in [3.8, 4) is 11.3 Å². The van der Waals surface area contributed by atoms with Crippen LogP contribution in [0, 0.1) is 13.8 Å². The first-order chi connectivity index (χ1) is 10.6. The predicted octanol–water partition coefficient (Wildman–Crippen LogP) is 3.61. The summed E-state index contributed by atoms with van der Waals surface area (Å²) in [5.74, 6) is 1.24. The molecule has 0 atom stereocenters. The third-order valence-electron chi connectivity index (χ3n) is 3.24. The first kappa shape index (κ1) is 14.0. The molecule has 3 aromatic rings. The maximum atomic E-state index is 12.0. The molecule has 0 spiro atoms. The Hall–Kier alpha value is -2.95. The van der Waals surface area contributed by atoms with Gasteiger partial charge in [0.25, 0.3) is 5.91 Å². The molecule has 0 unspecified atom stereocenters. The summed E-state index contributed by atoms with van der Waals surface area (Å²) in [6.45, 7) is 3.70. The van der Waals surface area contributed by atoms with Crippen molar-refractivity contribution in [1.29, 1.82) is 0 Å². The first-order valence-corrected chi connectivity index (χ1v) is 6.89. The number of oxazole rings is 1. The van der Waals surface area contributed by atoms with E-state index in [4.69, 9.17) is 4.42 Å². The molecular weight excluding hydrogens is 278 g/mol. The molecule has 0 bridgehead atoms. The summed E-state index contributed by atoms with van der Waals surface area (Å²) in [7, 11) is 0. The first-order valence-electron chi connectivity index (χ1n) is 6.89. The summed E-state index contributed by atoms with van der Waals surface area (Å²) in [6, 6.07) is 10.9. The number of aryl methyl sites for hydroxylation is 2. The number of nitrogens with one attached hydrogen (secondary N) is 1. The van der Waals surface area contributed by atoms with Crippen LogP contribution in [0.15, 0.2) is 53.2 Å². The highest BCUT2D eigenvalue weighted by atomic mass is 16.4. The number of amides is 1. The lowest BCUT2D eigenvalue weighted by Crippen LogP contribution is -2.11. The Balaban J connectivity index is 1.77. The van der Waals surface area contributed by atoms with Crippen molar-refractivity contribution in [1.82, 2.24) is 9.97 Å². The van der Waals surface area contributed by atoms with Crippen LogP contribution in [0.1, 0.15) is 22.0 Å². The smallest absolute Gasteiger partial charge is 0.257 e. The maximum absolute atomic E-state index is 12.0. The van der Waals surface area contributed by atoms with Gasteiger partial charge in [0, 0.05) is 30.6 Å². The van der Waals surface area contributed by atoms with Crippen molar-refractivity contribution in [3.63, 3.8) is 0 Å². The second-order valence-corrected chi connectivity index (χ2v) is 4.91. The van der Waals surface area contributed by atoms with E-state index in [1.165, 1.54) is 6.20 Å². The molecule has 1 N–H and O–H groups in total. The van der Waals surface area contributed by atoms with Crippen molar-refractivity contribution in [3.05, 3.63) is 66.0 Å². The van der Waals surface area contributed by atoms with Gasteiger partial charge in [0.05, 0.1) is 5.56 Å². The molecular formula is C17H15N3O2. The van der Waals surface area contributed by atoms with Gasteiger partial charge in [-0.2, -0.15) is 0 Å². The zero-order chi connectivity index (χ0) is 15.5. The second kappa shape index (κ2) is 5.81. The van der Waals surface area contributed by atoms with Gasteiger partial charge in [0.1, 0.15) is 11.5 Å². The van der Waals surface area contributed by atoms with Gasteiger partial charge in [0.2, 0.25) is 0 Å².